The highest BCUT2D eigenvalue weighted by Crippen LogP contribution is 2.10. The molecule has 1 heterocycles. The zero-order chi connectivity index (χ0) is 14.4. The molecule has 0 radical (unpaired) electrons. The first-order valence-electron chi connectivity index (χ1n) is 6.97. The van der Waals surface area contributed by atoms with Gasteiger partial charge in [0.25, 0.3) is 0 Å². The van der Waals surface area contributed by atoms with Gasteiger partial charge in [-0.25, -0.2) is 0 Å². The molecule has 0 aliphatic rings. The highest BCUT2D eigenvalue weighted by Gasteiger charge is 2.10. The van der Waals surface area contributed by atoms with Gasteiger partial charge in [0.05, 0.1) is 6.26 Å². The molecule has 1 aromatic heterocycles. The Morgan fingerprint density at radius 1 is 1.15 bits per heavy atom. The number of rotatable bonds is 6. The maximum atomic E-state index is 12.1. The number of hydrogen-bond acceptors (Lipinski definition) is 2. The van der Waals surface area contributed by atoms with E-state index in [0.717, 1.165) is 18.6 Å². The van der Waals surface area contributed by atoms with Crippen LogP contribution < -0.4 is 0 Å². The Labute approximate surface area is 120 Å². The standard InChI is InChI=1S/C17H21NO2/c1-14-6-3-4-7-15(14)9-10-17(19)18(2)12-11-16-8-5-13-20-16/h3-8,13H,9-12H2,1-2H3. The van der Waals surface area contributed by atoms with Crippen LogP contribution in [0.5, 0.6) is 0 Å². The van der Waals surface area contributed by atoms with Crippen molar-refractivity contribution in [3.8, 4) is 0 Å². The van der Waals surface area contributed by atoms with E-state index in [1.807, 2.05) is 31.3 Å². The fraction of sp³-hybridized carbons (Fsp3) is 0.353. The predicted octanol–water partition coefficient (Wildman–Crippen LogP) is 3.22. The van der Waals surface area contributed by atoms with Gasteiger partial charge in [-0.05, 0) is 36.6 Å². The molecule has 0 aliphatic heterocycles. The van der Waals surface area contributed by atoms with Crippen LogP contribution in [0.25, 0.3) is 0 Å². The second kappa shape index (κ2) is 6.94. The Balaban J connectivity index is 1.78. The van der Waals surface area contributed by atoms with E-state index in [1.165, 1.54) is 11.1 Å². The summed E-state index contributed by atoms with van der Waals surface area (Å²) in [4.78, 5) is 13.9. The molecule has 0 atom stereocenters. The van der Waals surface area contributed by atoms with Crippen molar-refractivity contribution in [1.82, 2.24) is 4.90 Å². The number of nitrogens with zero attached hydrogens (tertiary/aromatic N) is 1. The van der Waals surface area contributed by atoms with Crippen molar-refractivity contribution < 1.29 is 9.21 Å². The highest BCUT2D eigenvalue weighted by molar-refractivity contribution is 5.76. The maximum Gasteiger partial charge on any atom is 0.222 e. The lowest BCUT2D eigenvalue weighted by atomic mass is 10.0. The van der Waals surface area contributed by atoms with Gasteiger partial charge in [0, 0.05) is 26.4 Å². The number of likely N-dealkylation sites (N-methyl/N-ethyl adjacent to an activating group) is 1. The van der Waals surface area contributed by atoms with Crippen LogP contribution in [0, 0.1) is 6.92 Å². The molecular weight excluding hydrogens is 250 g/mol. The Morgan fingerprint density at radius 2 is 1.95 bits per heavy atom. The zero-order valence-corrected chi connectivity index (χ0v) is 12.1. The third-order valence-electron chi connectivity index (χ3n) is 3.57. The monoisotopic (exact) mass is 271 g/mol. The Morgan fingerprint density at radius 3 is 2.65 bits per heavy atom. The molecule has 0 N–H and O–H groups in total. The molecule has 0 unspecified atom stereocenters. The summed E-state index contributed by atoms with van der Waals surface area (Å²) in [6.07, 6.45) is 3.78. The number of benzene rings is 1. The summed E-state index contributed by atoms with van der Waals surface area (Å²) in [6.45, 7) is 2.78. The summed E-state index contributed by atoms with van der Waals surface area (Å²) in [5.41, 5.74) is 2.50. The second-order valence-corrected chi connectivity index (χ2v) is 5.07. The molecule has 0 saturated heterocycles. The van der Waals surface area contributed by atoms with Crippen LogP contribution >= 0.6 is 0 Å². The Kier molecular flexibility index (Phi) is 4.99. The summed E-state index contributed by atoms with van der Waals surface area (Å²) in [7, 11) is 1.85. The number of carbonyl (C=O) groups excluding carboxylic acids is 1. The smallest absolute Gasteiger partial charge is 0.222 e. The van der Waals surface area contributed by atoms with E-state index in [-0.39, 0.29) is 5.91 Å². The highest BCUT2D eigenvalue weighted by atomic mass is 16.3. The van der Waals surface area contributed by atoms with Crippen LogP contribution in [0.1, 0.15) is 23.3 Å². The third-order valence-corrected chi connectivity index (χ3v) is 3.57. The van der Waals surface area contributed by atoms with Gasteiger partial charge < -0.3 is 9.32 Å². The number of aryl methyl sites for hydroxylation is 2. The predicted molar refractivity (Wildman–Crippen MR) is 79.5 cm³/mol. The number of furan rings is 1. The molecule has 2 rings (SSSR count). The van der Waals surface area contributed by atoms with E-state index in [0.29, 0.717) is 13.0 Å². The Hall–Kier alpha value is -2.03. The third kappa shape index (κ3) is 3.98. The zero-order valence-electron chi connectivity index (χ0n) is 12.1. The van der Waals surface area contributed by atoms with Gasteiger partial charge in [0.1, 0.15) is 5.76 Å². The van der Waals surface area contributed by atoms with E-state index in [9.17, 15) is 4.79 Å². The lowest BCUT2D eigenvalue weighted by molar-refractivity contribution is -0.129. The number of hydrogen-bond donors (Lipinski definition) is 0. The first kappa shape index (κ1) is 14.4. The van der Waals surface area contributed by atoms with Gasteiger partial charge in [-0.3, -0.25) is 4.79 Å². The minimum absolute atomic E-state index is 0.180. The molecule has 1 amide bonds. The first-order chi connectivity index (χ1) is 9.66. The van der Waals surface area contributed by atoms with Gasteiger partial charge in [0.2, 0.25) is 5.91 Å². The summed E-state index contributed by atoms with van der Waals surface area (Å²) in [6, 6.07) is 12.0. The van der Waals surface area contributed by atoms with Crippen LogP contribution in [0.4, 0.5) is 0 Å². The molecule has 3 nitrogen and oxygen atoms in total. The molecule has 0 fully saturated rings. The molecule has 3 heteroatoms. The van der Waals surface area contributed by atoms with Crippen molar-refractivity contribution in [1.29, 1.82) is 0 Å². The maximum absolute atomic E-state index is 12.1. The van der Waals surface area contributed by atoms with Gasteiger partial charge in [-0.15, -0.1) is 0 Å². The van der Waals surface area contributed by atoms with Gasteiger partial charge >= 0.3 is 0 Å². The van der Waals surface area contributed by atoms with Crippen molar-refractivity contribution in [3.63, 3.8) is 0 Å². The van der Waals surface area contributed by atoms with E-state index in [2.05, 4.69) is 19.1 Å². The molecule has 20 heavy (non-hydrogen) atoms. The molecule has 0 aliphatic carbocycles. The van der Waals surface area contributed by atoms with Crippen molar-refractivity contribution in [2.24, 2.45) is 0 Å². The van der Waals surface area contributed by atoms with Gasteiger partial charge in [0.15, 0.2) is 0 Å². The average Bonchev–Trinajstić information content (AvgIpc) is 2.97. The molecule has 106 valence electrons. The van der Waals surface area contributed by atoms with Crippen molar-refractivity contribution in [3.05, 3.63) is 59.5 Å². The van der Waals surface area contributed by atoms with Crippen LogP contribution in [-0.2, 0) is 17.6 Å². The second-order valence-electron chi connectivity index (χ2n) is 5.07. The molecule has 0 bridgehead atoms. The average molecular weight is 271 g/mol. The lowest BCUT2D eigenvalue weighted by Crippen LogP contribution is -2.29. The molecular formula is C17H21NO2. The summed E-state index contributed by atoms with van der Waals surface area (Å²) < 4.78 is 5.27. The Bertz CT molecular complexity index is 546. The molecule has 2 aromatic rings. The normalized spacial score (nSPS) is 10.5. The quantitative estimate of drug-likeness (QED) is 0.808. The van der Waals surface area contributed by atoms with Crippen molar-refractivity contribution in [2.75, 3.05) is 13.6 Å². The number of carbonyl (C=O) groups is 1. The van der Waals surface area contributed by atoms with Crippen molar-refractivity contribution in [2.45, 2.75) is 26.2 Å². The van der Waals surface area contributed by atoms with Crippen molar-refractivity contribution >= 4 is 5.91 Å². The minimum atomic E-state index is 0.180. The van der Waals surface area contributed by atoms with Crippen LogP contribution in [-0.4, -0.2) is 24.4 Å². The minimum Gasteiger partial charge on any atom is -0.469 e. The summed E-state index contributed by atoms with van der Waals surface area (Å²) in [5, 5.41) is 0. The fourth-order valence-electron chi connectivity index (χ4n) is 2.18. The number of amides is 1. The largest absolute Gasteiger partial charge is 0.469 e. The van der Waals surface area contributed by atoms with Gasteiger partial charge in [-0.1, -0.05) is 24.3 Å². The SMILES string of the molecule is Cc1ccccc1CCC(=O)N(C)CCc1ccco1. The fourth-order valence-corrected chi connectivity index (χ4v) is 2.18. The van der Waals surface area contributed by atoms with Gasteiger partial charge in [-0.2, -0.15) is 0 Å². The molecule has 1 aromatic carbocycles. The van der Waals surface area contributed by atoms with E-state index >= 15 is 0 Å². The molecule has 0 saturated carbocycles. The van der Waals surface area contributed by atoms with Crippen LogP contribution in [0.2, 0.25) is 0 Å². The van der Waals surface area contributed by atoms with E-state index in [1.54, 1.807) is 11.2 Å². The summed E-state index contributed by atoms with van der Waals surface area (Å²) >= 11 is 0. The summed E-state index contributed by atoms with van der Waals surface area (Å²) in [5.74, 6) is 1.10. The lowest BCUT2D eigenvalue weighted by Gasteiger charge is -2.16. The van der Waals surface area contributed by atoms with Crippen LogP contribution in [0.3, 0.4) is 0 Å². The van der Waals surface area contributed by atoms with E-state index in [4.69, 9.17) is 4.42 Å². The van der Waals surface area contributed by atoms with E-state index < -0.39 is 0 Å². The van der Waals surface area contributed by atoms with Crippen LogP contribution in [0.15, 0.2) is 47.1 Å². The first-order valence-corrected chi connectivity index (χ1v) is 6.97. The molecule has 0 spiro atoms. The topological polar surface area (TPSA) is 33.5 Å².